The zero-order valence-corrected chi connectivity index (χ0v) is 10.1. The van der Waals surface area contributed by atoms with Gasteiger partial charge in [0.15, 0.2) is 0 Å². The molecule has 7 nitrogen and oxygen atoms in total. The second-order valence-electron chi connectivity index (χ2n) is 4.88. The molecule has 1 aliphatic carbocycles. The highest BCUT2D eigenvalue weighted by Gasteiger charge is 2.33. The van der Waals surface area contributed by atoms with Crippen LogP contribution in [-0.2, 0) is 14.4 Å². The van der Waals surface area contributed by atoms with Crippen LogP contribution in [-0.4, -0.2) is 34.5 Å². The Morgan fingerprint density at radius 2 is 1.83 bits per heavy atom. The minimum Gasteiger partial charge on any atom is -0.480 e. The van der Waals surface area contributed by atoms with Crippen LogP contribution in [0.3, 0.4) is 0 Å². The van der Waals surface area contributed by atoms with Crippen molar-refractivity contribution in [1.29, 1.82) is 0 Å². The van der Waals surface area contributed by atoms with E-state index in [9.17, 15) is 14.4 Å². The van der Waals surface area contributed by atoms with Crippen LogP contribution in [0.15, 0.2) is 0 Å². The van der Waals surface area contributed by atoms with Gasteiger partial charge in [-0.15, -0.1) is 0 Å². The third kappa shape index (κ3) is 4.33. The molecule has 0 aromatic heterocycles. The van der Waals surface area contributed by atoms with Gasteiger partial charge in [-0.3, -0.25) is 9.59 Å². The second-order valence-corrected chi connectivity index (χ2v) is 4.88. The van der Waals surface area contributed by atoms with Gasteiger partial charge in [0.2, 0.25) is 11.8 Å². The van der Waals surface area contributed by atoms with Crippen molar-refractivity contribution in [3.8, 4) is 0 Å². The number of carboxylic acid groups (broad SMARTS) is 1. The summed E-state index contributed by atoms with van der Waals surface area (Å²) in [4.78, 5) is 33.2. The Bertz CT molecular complexity index is 350. The summed E-state index contributed by atoms with van der Waals surface area (Å²) in [5.41, 5.74) is 10.4. The predicted molar refractivity (Wildman–Crippen MR) is 63.4 cm³/mol. The summed E-state index contributed by atoms with van der Waals surface area (Å²) in [5.74, 6) is -2.50. The van der Waals surface area contributed by atoms with Gasteiger partial charge in [0, 0.05) is 12.0 Å². The lowest BCUT2D eigenvalue weighted by Crippen LogP contribution is -2.48. The van der Waals surface area contributed by atoms with E-state index >= 15 is 0 Å². The number of nitrogens with one attached hydrogen (secondary N) is 1. The number of hydrogen-bond acceptors (Lipinski definition) is 4. The van der Waals surface area contributed by atoms with Gasteiger partial charge in [0.05, 0.1) is 6.42 Å². The molecular weight excluding hydrogens is 238 g/mol. The van der Waals surface area contributed by atoms with Crippen LogP contribution in [0.25, 0.3) is 0 Å². The number of rotatable bonds is 6. The van der Waals surface area contributed by atoms with Gasteiger partial charge in [-0.25, -0.2) is 4.79 Å². The van der Waals surface area contributed by atoms with Crippen LogP contribution >= 0.6 is 0 Å². The molecule has 0 bridgehead atoms. The largest absolute Gasteiger partial charge is 0.480 e. The average Bonchev–Trinajstić information content (AvgIpc) is 2.62. The molecule has 1 saturated carbocycles. The zero-order chi connectivity index (χ0) is 13.8. The molecule has 0 aromatic carbocycles. The number of carboxylic acids is 1. The fraction of sp³-hybridized carbons (Fsp3) is 0.727. The number of hydrogen-bond donors (Lipinski definition) is 4. The van der Waals surface area contributed by atoms with Gasteiger partial charge in [-0.05, 0) is 12.8 Å². The van der Waals surface area contributed by atoms with Gasteiger partial charge in [-0.1, -0.05) is 12.8 Å². The summed E-state index contributed by atoms with van der Waals surface area (Å²) in [5, 5.41) is 11.1. The molecule has 6 N–H and O–H groups in total. The van der Waals surface area contributed by atoms with E-state index in [1.54, 1.807) is 0 Å². The summed E-state index contributed by atoms with van der Waals surface area (Å²) < 4.78 is 0. The van der Waals surface area contributed by atoms with Crippen LogP contribution in [0.4, 0.5) is 0 Å². The third-order valence-corrected chi connectivity index (χ3v) is 3.15. The first-order valence-electron chi connectivity index (χ1n) is 5.92. The Hall–Kier alpha value is -1.63. The first kappa shape index (κ1) is 14.4. The fourth-order valence-corrected chi connectivity index (χ4v) is 2.22. The van der Waals surface area contributed by atoms with Crippen LogP contribution in [0.2, 0.25) is 0 Å². The Morgan fingerprint density at radius 3 is 2.28 bits per heavy atom. The van der Waals surface area contributed by atoms with Gasteiger partial charge < -0.3 is 21.9 Å². The number of nitrogens with two attached hydrogens (primary N) is 2. The molecule has 1 aliphatic rings. The molecule has 18 heavy (non-hydrogen) atoms. The lowest BCUT2D eigenvalue weighted by Gasteiger charge is -2.23. The van der Waals surface area contributed by atoms with Crippen molar-refractivity contribution in [2.24, 2.45) is 11.5 Å². The highest BCUT2D eigenvalue weighted by molar-refractivity contribution is 5.88. The molecule has 0 saturated heterocycles. The maximum atomic E-state index is 11.7. The molecule has 1 unspecified atom stereocenters. The molecule has 2 amide bonds. The Labute approximate surface area is 105 Å². The number of carbonyl (C=O) groups excluding carboxylic acids is 2. The van der Waals surface area contributed by atoms with Crippen LogP contribution in [0.1, 0.15) is 38.5 Å². The van der Waals surface area contributed by atoms with Crippen molar-refractivity contribution in [3.05, 3.63) is 0 Å². The van der Waals surface area contributed by atoms with E-state index in [-0.39, 0.29) is 6.42 Å². The Balaban J connectivity index is 2.50. The summed E-state index contributed by atoms with van der Waals surface area (Å²) in [6.45, 7) is 0. The molecule has 1 fully saturated rings. The van der Waals surface area contributed by atoms with E-state index < -0.39 is 35.8 Å². The van der Waals surface area contributed by atoms with Crippen LogP contribution in [0.5, 0.6) is 0 Å². The molecule has 102 valence electrons. The van der Waals surface area contributed by atoms with Gasteiger partial charge in [0.25, 0.3) is 0 Å². The van der Waals surface area contributed by atoms with Gasteiger partial charge in [-0.2, -0.15) is 0 Å². The van der Waals surface area contributed by atoms with Crippen molar-refractivity contribution in [2.75, 3.05) is 0 Å². The summed E-state index contributed by atoms with van der Waals surface area (Å²) in [7, 11) is 0. The maximum absolute atomic E-state index is 11.7. The molecular formula is C11H19N3O4. The average molecular weight is 257 g/mol. The van der Waals surface area contributed by atoms with E-state index in [0.29, 0.717) is 0 Å². The van der Waals surface area contributed by atoms with Crippen LogP contribution in [0, 0.1) is 0 Å². The van der Waals surface area contributed by atoms with Gasteiger partial charge >= 0.3 is 5.97 Å². The van der Waals surface area contributed by atoms with Crippen molar-refractivity contribution in [1.82, 2.24) is 5.32 Å². The minimum atomic E-state index is -1.28. The topological polar surface area (TPSA) is 136 Å². The van der Waals surface area contributed by atoms with E-state index in [4.69, 9.17) is 16.6 Å². The summed E-state index contributed by atoms with van der Waals surface area (Å²) in [6.07, 6.45) is 3.14. The number of carbonyl (C=O) groups is 3. The molecule has 0 aromatic rings. The van der Waals surface area contributed by atoms with Crippen molar-refractivity contribution < 1.29 is 19.5 Å². The highest BCUT2D eigenvalue weighted by Crippen LogP contribution is 2.29. The molecule has 0 spiro atoms. The second kappa shape index (κ2) is 5.81. The number of primary amides is 1. The zero-order valence-electron chi connectivity index (χ0n) is 10.1. The fourth-order valence-electron chi connectivity index (χ4n) is 2.22. The molecule has 1 atom stereocenters. The van der Waals surface area contributed by atoms with E-state index in [1.807, 2.05) is 0 Å². The van der Waals surface area contributed by atoms with Crippen molar-refractivity contribution in [3.63, 3.8) is 0 Å². The lowest BCUT2D eigenvalue weighted by atomic mass is 9.94. The minimum absolute atomic E-state index is 0.0789. The Kier molecular flexibility index (Phi) is 4.66. The van der Waals surface area contributed by atoms with Crippen LogP contribution < -0.4 is 16.8 Å². The standard InChI is InChI=1S/C11H19N3O4/c12-8(15)5-7(10(17)18)14-9(16)6-11(13)3-1-2-4-11/h7H,1-6,13H2,(H2,12,15)(H,14,16)(H,17,18). The normalized spacial score (nSPS) is 19.2. The monoisotopic (exact) mass is 257 g/mol. The predicted octanol–water partition coefficient (Wildman–Crippen LogP) is -0.907. The smallest absolute Gasteiger partial charge is 0.326 e. The SMILES string of the molecule is NC(=O)CC(NC(=O)CC1(N)CCCC1)C(=O)O. The Morgan fingerprint density at radius 1 is 1.28 bits per heavy atom. The quantitative estimate of drug-likeness (QED) is 0.488. The first-order valence-corrected chi connectivity index (χ1v) is 5.92. The summed E-state index contributed by atoms with van der Waals surface area (Å²) >= 11 is 0. The maximum Gasteiger partial charge on any atom is 0.326 e. The van der Waals surface area contributed by atoms with E-state index in [1.165, 1.54) is 0 Å². The molecule has 7 heteroatoms. The number of aliphatic carboxylic acids is 1. The van der Waals surface area contributed by atoms with E-state index in [0.717, 1.165) is 25.7 Å². The van der Waals surface area contributed by atoms with Crippen molar-refractivity contribution >= 4 is 17.8 Å². The lowest BCUT2D eigenvalue weighted by molar-refractivity contribution is -0.143. The summed E-state index contributed by atoms with van der Waals surface area (Å²) in [6, 6.07) is -1.28. The highest BCUT2D eigenvalue weighted by atomic mass is 16.4. The molecule has 0 heterocycles. The number of amides is 2. The third-order valence-electron chi connectivity index (χ3n) is 3.15. The van der Waals surface area contributed by atoms with Gasteiger partial charge in [0.1, 0.15) is 6.04 Å². The first-order chi connectivity index (χ1) is 8.32. The van der Waals surface area contributed by atoms with E-state index in [2.05, 4.69) is 5.32 Å². The molecule has 1 rings (SSSR count). The molecule has 0 radical (unpaired) electrons. The van der Waals surface area contributed by atoms with Crippen molar-refractivity contribution in [2.45, 2.75) is 50.1 Å². The molecule has 0 aliphatic heterocycles.